The van der Waals surface area contributed by atoms with Crippen molar-refractivity contribution in [2.45, 2.75) is 39.0 Å². The Morgan fingerprint density at radius 2 is 1.90 bits per heavy atom. The van der Waals surface area contributed by atoms with Gasteiger partial charge in [-0.3, -0.25) is 9.59 Å². The minimum absolute atomic E-state index is 0.0102. The molecule has 0 saturated carbocycles. The summed E-state index contributed by atoms with van der Waals surface area (Å²) in [6.45, 7) is 7.05. The van der Waals surface area contributed by atoms with E-state index >= 15 is 0 Å². The third-order valence-electron chi connectivity index (χ3n) is 2.58. The lowest BCUT2D eigenvalue weighted by atomic mass is 10.1. The van der Waals surface area contributed by atoms with Gasteiger partial charge in [-0.1, -0.05) is 0 Å². The molecule has 5 heteroatoms. The minimum atomic E-state index is -0.468. The van der Waals surface area contributed by atoms with Crippen molar-refractivity contribution < 1.29 is 19.1 Å². The van der Waals surface area contributed by atoms with Crippen LogP contribution in [0.3, 0.4) is 0 Å². The summed E-state index contributed by atoms with van der Waals surface area (Å²) in [6.07, 6.45) is 0. The molecule has 0 N–H and O–H groups in total. The number of hydrogen-bond donors (Lipinski definition) is 0. The molecule has 0 saturated heterocycles. The topological polar surface area (TPSA) is 52.6 Å². The number of ketones is 1. The second-order valence-corrected chi connectivity index (χ2v) is 6.65. The average Bonchev–Trinajstić information content (AvgIpc) is 2.36. The van der Waals surface area contributed by atoms with Gasteiger partial charge in [0.1, 0.15) is 11.4 Å². The van der Waals surface area contributed by atoms with Gasteiger partial charge in [0.05, 0.1) is 12.9 Å². The van der Waals surface area contributed by atoms with Crippen LogP contribution in [0.5, 0.6) is 5.75 Å². The minimum Gasteiger partial charge on any atom is -0.496 e. The van der Waals surface area contributed by atoms with E-state index in [0.29, 0.717) is 11.3 Å². The number of Topliss-reactive ketones (excluding diaryl/α,β-unsaturated/α-hetero) is 1. The van der Waals surface area contributed by atoms with Crippen molar-refractivity contribution in [2.75, 3.05) is 12.9 Å². The Bertz CT molecular complexity index is 517. The fourth-order valence-electron chi connectivity index (χ4n) is 1.73. The Kier molecular flexibility index (Phi) is 6.27. The molecule has 21 heavy (non-hydrogen) atoms. The molecule has 1 aromatic carbocycles. The maximum atomic E-state index is 11.7. The first-order valence-electron chi connectivity index (χ1n) is 6.70. The molecule has 4 nitrogen and oxygen atoms in total. The van der Waals surface area contributed by atoms with Crippen LogP contribution in [0.2, 0.25) is 0 Å². The Morgan fingerprint density at radius 3 is 2.43 bits per heavy atom. The van der Waals surface area contributed by atoms with Crippen LogP contribution in [-0.4, -0.2) is 30.2 Å². The molecular weight excluding hydrogens is 288 g/mol. The van der Waals surface area contributed by atoms with Crippen LogP contribution in [0.4, 0.5) is 0 Å². The summed E-state index contributed by atoms with van der Waals surface area (Å²) in [7, 11) is 1.59. The van der Waals surface area contributed by atoms with E-state index < -0.39 is 5.60 Å². The number of benzene rings is 1. The Labute approximate surface area is 130 Å². The van der Waals surface area contributed by atoms with Crippen molar-refractivity contribution >= 4 is 23.5 Å². The molecule has 0 aromatic heterocycles. The standard InChI is InChI=1S/C16H22O4S/c1-11(17)12-6-7-14(19-5)13(8-12)9-21-10-15(18)20-16(2,3)4/h6-8H,9-10H2,1-5H3. The third-order valence-corrected chi connectivity index (χ3v) is 3.54. The smallest absolute Gasteiger partial charge is 0.316 e. The number of thioether (sulfide) groups is 1. The van der Waals surface area contributed by atoms with Crippen molar-refractivity contribution in [3.05, 3.63) is 29.3 Å². The summed E-state index contributed by atoms with van der Waals surface area (Å²) in [5.74, 6) is 1.34. The third kappa shape index (κ3) is 6.21. The van der Waals surface area contributed by atoms with Crippen LogP contribution in [0.15, 0.2) is 18.2 Å². The predicted octanol–water partition coefficient (Wildman–Crippen LogP) is 3.47. The van der Waals surface area contributed by atoms with Gasteiger partial charge in [-0.25, -0.2) is 0 Å². The maximum Gasteiger partial charge on any atom is 0.316 e. The van der Waals surface area contributed by atoms with Crippen molar-refractivity contribution in [1.29, 1.82) is 0 Å². The lowest BCUT2D eigenvalue weighted by Gasteiger charge is -2.19. The van der Waals surface area contributed by atoms with E-state index in [-0.39, 0.29) is 17.5 Å². The first-order chi connectivity index (χ1) is 9.73. The van der Waals surface area contributed by atoms with Gasteiger partial charge < -0.3 is 9.47 Å². The highest BCUT2D eigenvalue weighted by Gasteiger charge is 2.16. The zero-order chi connectivity index (χ0) is 16.0. The number of carbonyl (C=O) groups excluding carboxylic acids is 2. The first kappa shape index (κ1) is 17.6. The summed E-state index contributed by atoms with van der Waals surface area (Å²) in [5.41, 5.74) is 1.08. The molecule has 0 spiro atoms. The number of rotatable bonds is 6. The van der Waals surface area contributed by atoms with Crippen LogP contribution >= 0.6 is 11.8 Å². The van der Waals surface area contributed by atoms with Crippen LogP contribution in [0, 0.1) is 0 Å². The fraction of sp³-hybridized carbons (Fsp3) is 0.500. The number of methoxy groups -OCH3 is 1. The predicted molar refractivity (Wildman–Crippen MR) is 85.0 cm³/mol. The number of hydrogen-bond acceptors (Lipinski definition) is 5. The van der Waals surface area contributed by atoms with E-state index in [0.717, 1.165) is 11.3 Å². The Hall–Kier alpha value is -1.49. The van der Waals surface area contributed by atoms with Gasteiger partial charge in [0.2, 0.25) is 0 Å². The van der Waals surface area contributed by atoms with Crippen molar-refractivity contribution in [3.63, 3.8) is 0 Å². The average molecular weight is 310 g/mol. The maximum absolute atomic E-state index is 11.7. The van der Waals surface area contributed by atoms with Gasteiger partial charge in [0.25, 0.3) is 0 Å². The second kappa shape index (κ2) is 7.50. The van der Waals surface area contributed by atoms with Crippen LogP contribution in [0.1, 0.15) is 43.6 Å². The van der Waals surface area contributed by atoms with Crippen LogP contribution < -0.4 is 4.74 Å². The lowest BCUT2D eigenvalue weighted by molar-refractivity contribution is -0.151. The highest BCUT2D eigenvalue weighted by Crippen LogP contribution is 2.25. The SMILES string of the molecule is COc1ccc(C(C)=O)cc1CSCC(=O)OC(C)(C)C. The molecule has 0 atom stereocenters. The largest absolute Gasteiger partial charge is 0.496 e. The number of carbonyl (C=O) groups is 2. The molecule has 1 aromatic rings. The zero-order valence-corrected chi connectivity index (χ0v) is 14.0. The molecule has 0 heterocycles. The van der Waals surface area contributed by atoms with Gasteiger partial charge in [-0.15, -0.1) is 11.8 Å². The zero-order valence-electron chi connectivity index (χ0n) is 13.2. The first-order valence-corrected chi connectivity index (χ1v) is 7.86. The van der Waals surface area contributed by atoms with E-state index in [1.807, 2.05) is 26.8 Å². The van der Waals surface area contributed by atoms with E-state index in [9.17, 15) is 9.59 Å². The molecule has 116 valence electrons. The van der Waals surface area contributed by atoms with Gasteiger partial charge in [0.15, 0.2) is 5.78 Å². The van der Waals surface area contributed by atoms with E-state index in [4.69, 9.17) is 9.47 Å². The fourth-order valence-corrected chi connectivity index (χ4v) is 2.50. The van der Waals surface area contributed by atoms with Crippen LogP contribution in [0.25, 0.3) is 0 Å². The summed E-state index contributed by atoms with van der Waals surface area (Å²) in [5, 5.41) is 0. The summed E-state index contributed by atoms with van der Waals surface area (Å²) in [6, 6.07) is 5.33. The summed E-state index contributed by atoms with van der Waals surface area (Å²) >= 11 is 1.44. The molecule has 0 unspecified atom stereocenters. The van der Waals surface area contributed by atoms with Crippen molar-refractivity contribution in [2.24, 2.45) is 0 Å². The monoisotopic (exact) mass is 310 g/mol. The number of esters is 1. The van der Waals surface area contributed by atoms with E-state index in [1.165, 1.54) is 18.7 Å². The quantitative estimate of drug-likeness (QED) is 0.595. The van der Waals surface area contributed by atoms with E-state index in [2.05, 4.69) is 0 Å². The molecule has 0 aliphatic rings. The molecule has 1 rings (SSSR count). The lowest BCUT2D eigenvalue weighted by Crippen LogP contribution is -2.24. The van der Waals surface area contributed by atoms with Gasteiger partial charge >= 0.3 is 5.97 Å². The highest BCUT2D eigenvalue weighted by atomic mass is 32.2. The van der Waals surface area contributed by atoms with Crippen molar-refractivity contribution in [1.82, 2.24) is 0 Å². The Morgan fingerprint density at radius 1 is 1.24 bits per heavy atom. The molecule has 0 fully saturated rings. The normalized spacial score (nSPS) is 11.1. The molecule has 0 radical (unpaired) electrons. The molecular formula is C16H22O4S. The Balaban J connectivity index is 2.64. The van der Waals surface area contributed by atoms with Crippen molar-refractivity contribution in [3.8, 4) is 5.75 Å². The van der Waals surface area contributed by atoms with E-state index in [1.54, 1.807) is 19.2 Å². The second-order valence-electron chi connectivity index (χ2n) is 5.66. The molecule has 0 aliphatic heterocycles. The van der Waals surface area contributed by atoms with Gasteiger partial charge in [0, 0.05) is 16.9 Å². The summed E-state index contributed by atoms with van der Waals surface area (Å²) < 4.78 is 10.5. The highest BCUT2D eigenvalue weighted by molar-refractivity contribution is 7.99. The number of ether oxygens (including phenoxy) is 2. The molecule has 0 bridgehead atoms. The molecule has 0 amide bonds. The van der Waals surface area contributed by atoms with Crippen LogP contribution in [-0.2, 0) is 15.3 Å². The molecule has 0 aliphatic carbocycles. The summed E-state index contributed by atoms with van der Waals surface area (Å²) in [4.78, 5) is 23.1. The van der Waals surface area contributed by atoms with Gasteiger partial charge in [-0.05, 0) is 45.9 Å². The van der Waals surface area contributed by atoms with Gasteiger partial charge in [-0.2, -0.15) is 0 Å².